The zero-order valence-corrected chi connectivity index (χ0v) is 11.0. The smallest absolute Gasteiger partial charge is 0.278 e. The Bertz CT molecular complexity index is 441. The Kier molecular flexibility index (Phi) is 4.51. The van der Waals surface area contributed by atoms with E-state index in [-0.39, 0.29) is 18.6 Å². The molecule has 0 spiro atoms. The van der Waals surface area contributed by atoms with Gasteiger partial charge in [0.15, 0.2) is 0 Å². The molecule has 0 unspecified atom stereocenters. The lowest BCUT2D eigenvalue weighted by atomic mass is 10.3. The van der Waals surface area contributed by atoms with Gasteiger partial charge in [-0.15, -0.1) is 0 Å². The number of carbonyl (C=O) groups is 1. The molecule has 0 aliphatic carbocycles. The summed E-state index contributed by atoms with van der Waals surface area (Å²) in [4.78, 5) is 21.5. The molecule has 0 aromatic carbocycles. The lowest BCUT2D eigenvalue weighted by Gasteiger charge is -2.16. The van der Waals surface area contributed by atoms with Crippen molar-refractivity contribution in [3.8, 4) is 11.8 Å². The van der Waals surface area contributed by atoms with Gasteiger partial charge in [0.05, 0.1) is 13.7 Å². The number of hydrogen-bond donors (Lipinski definition) is 0. The number of methoxy groups -OCH3 is 2. The fourth-order valence-electron chi connectivity index (χ4n) is 1.96. The first-order valence-electron chi connectivity index (χ1n) is 6.03. The molecule has 104 valence electrons. The van der Waals surface area contributed by atoms with Crippen LogP contribution in [-0.2, 0) is 9.53 Å². The predicted molar refractivity (Wildman–Crippen MR) is 66.1 cm³/mol. The maximum absolute atomic E-state index is 11.7. The molecule has 2 heterocycles. The Morgan fingerprint density at radius 2 is 2.11 bits per heavy atom. The van der Waals surface area contributed by atoms with Crippen molar-refractivity contribution in [2.75, 3.05) is 33.9 Å². The van der Waals surface area contributed by atoms with Crippen molar-refractivity contribution in [2.45, 2.75) is 12.5 Å². The fraction of sp³-hybridized carbons (Fsp3) is 0.583. The van der Waals surface area contributed by atoms with Crippen LogP contribution in [0.15, 0.2) is 12.4 Å². The zero-order chi connectivity index (χ0) is 13.7. The van der Waals surface area contributed by atoms with Crippen LogP contribution in [-0.4, -0.2) is 60.8 Å². The molecule has 7 heteroatoms. The van der Waals surface area contributed by atoms with E-state index in [0.29, 0.717) is 24.8 Å². The summed E-state index contributed by atoms with van der Waals surface area (Å²) in [6.07, 6.45) is 3.75. The number of nitrogens with zero attached hydrogens (tertiary/aromatic N) is 3. The van der Waals surface area contributed by atoms with Gasteiger partial charge in [0.2, 0.25) is 5.91 Å². The van der Waals surface area contributed by atoms with Crippen LogP contribution < -0.4 is 9.47 Å². The van der Waals surface area contributed by atoms with Crippen molar-refractivity contribution < 1.29 is 19.0 Å². The first kappa shape index (κ1) is 13.5. The van der Waals surface area contributed by atoms with Gasteiger partial charge in [-0.05, 0) is 0 Å². The summed E-state index contributed by atoms with van der Waals surface area (Å²) in [6, 6.07) is 0. The third-order valence-corrected chi connectivity index (χ3v) is 2.87. The van der Waals surface area contributed by atoms with Crippen molar-refractivity contribution in [1.82, 2.24) is 14.9 Å². The molecule has 2 rings (SSSR count). The van der Waals surface area contributed by atoms with Crippen molar-refractivity contribution in [2.24, 2.45) is 0 Å². The van der Waals surface area contributed by atoms with Crippen LogP contribution in [0.1, 0.15) is 6.42 Å². The summed E-state index contributed by atoms with van der Waals surface area (Å²) in [6.45, 7) is 1.29. The van der Waals surface area contributed by atoms with Gasteiger partial charge >= 0.3 is 0 Å². The normalized spacial score (nSPS) is 18.4. The van der Waals surface area contributed by atoms with E-state index in [1.165, 1.54) is 20.4 Å². The van der Waals surface area contributed by atoms with E-state index in [2.05, 4.69) is 9.97 Å². The predicted octanol–water partition coefficient (Wildman–Crippen LogP) is 0.111. The maximum Gasteiger partial charge on any atom is 0.278 e. The second kappa shape index (κ2) is 6.33. The average Bonchev–Trinajstić information content (AvgIpc) is 2.88. The molecule has 0 radical (unpaired) electrons. The number of ether oxygens (including phenoxy) is 3. The molecule has 1 amide bonds. The van der Waals surface area contributed by atoms with Crippen LogP contribution in [0.25, 0.3) is 0 Å². The van der Waals surface area contributed by atoms with E-state index in [9.17, 15) is 4.79 Å². The molecule has 0 bridgehead atoms. The lowest BCUT2D eigenvalue weighted by molar-refractivity contribution is -0.134. The summed E-state index contributed by atoms with van der Waals surface area (Å²) >= 11 is 0. The highest BCUT2D eigenvalue weighted by Gasteiger charge is 2.28. The minimum absolute atomic E-state index is 0.0280. The molecule has 0 N–H and O–H groups in total. The number of likely N-dealkylation sites (tertiary alicyclic amines) is 1. The summed E-state index contributed by atoms with van der Waals surface area (Å²) in [7, 11) is 3.02. The second-order valence-electron chi connectivity index (χ2n) is 4.17. The summed E-state index contributed by atoms with van der Waals surface area (Å²) < 4.78 is 15.6. The Morgan fingerprint density at radius 3 is 2.79 bits per heavy atom. The molecule has 1 atom stereocenters. The highest BCUT2D eigenvalue weighted by Crippen LogP contribution is 2.23. The van der Waals surface area contributed by atoms with Crippen molar-refractivity contribution in [3.63, 3.8) is 0 Å². The Labute approximate surface area is 111 Å². The highest BCUT2D eigenvalue weighted by molar-refractivity contribution is 5.77. The number of aromatic nitrogens is 2. The highest BCUT2D eigenvalue weighted by atomic mass is 16.5. The van der Waals surface area contributed by atoms with Crippen LogP contribution in [0.4, 0.5) is 0 Å². The van der Waals surface area contributed by atoms with E-state index in [4.69, 9.17) is 14.2 Å². The monoisotopic (exact) mass is 267 g/mol. The Balaban J connectivity index is 1.93. The minimum atomic E-state index is -0.0913. The second-order valence-corrected chi connectivity index (χ2v) is 4.17. The molecule has 1 fully saturated rings. The standard InChI is InChI=1S/C12H17N3O4/c1-17-8-10(16)15-6-3-9(7-15)19-12-11(18-2)13-4-5-14-12/h4-5,9H,3,6-8H2,1-2H3/t9-/m1/s1. The third-order valence-electron chi connectivity index (χ3n) is 2.87. The van der Waals surface area contributed by atoms with Crippen LogP contribution in [0.2, 0.25) is 0 Å². The minimum Gasteiger partial charge on any atom is -0.477 e. The van der Waals surface area contributed by atoms with Gasteiger partial charge in [-0.25, -0.2) is 9.97 Å². The Morgan fingerprint density at radius 1 is 1.37 bits per heavy atom. The first-order valence-corrected chi connectivity index (χ1v) is 6.03. The molecule has 7 nitrogen and oxygen atoms in total. The van der Waals surface area contributed by atoms with Crippen LogP contribution >= 0.6 is 0 Å². The summed E-state index contributed by atoms with van der Waals surface area (Å²) in [5, 5.41) is 0. The molecule has 1 aliphatic rings. The molecule has 19 heavy (non-hydrogen) atoms. The van der Waals surface area contributed by atoms with Gasteiger partial charge in [-0.2, -0.15) is 0 Å². The topological polar surface area (TPSA) is 73.8 Å². The first-order chi connectivity index (χ1) is 9.24. The quantitative estimate of drug-likeness (QED) is 0.754. The maximum atomic E-state index is 11.7. The van der Waals surface area contributed by atoms with Crippen LogP contribution in [0, 0.1) is 0 Å². The number of amides is 1. The van der Waals surface area contributed by atoms with Gasteiger partial charge in [-0.3, -0.25) is 4.79 Å². The zero-order valence-electron chi connectivity index (χ0n) is 11.0. The molecular weight excluding hydrogens is 250 g/mol. The van der Waals surface area contributed by atoms with Crippen LogP contribution in [0.5, 0.6) is 11.8 Å². The van der Waals surface area contributed by atoms with Gasteiger partial charge in [0, 0.05) is 32.5 Å². The summed E-state index contributed by atoms with van der Waals surface area (Å²) in [5.74, 6) is 0.680. The fourth-order valence-corrected chi connectivity index (χ4v) is 1.96. The third kappa shape index (κ3) is 3.31. The van der Waals surface area contributed by atoms with E-state index in [0.717, 1.165) is 6.42 Å². The molecule has 1 saturated heterocycles. The number of hydrogen-bond acceptors (Lipinski definition) is 6. The Hall–Kier alpha value is -1.89. The van der Waals surface area contributed by atoms with Crippen LogP contribution in [0.3, 0.4) is 0 Å². The van der Waals surface area contributed by atoms with Gasteiger partial charge in [-0.1, -0.05) is 0 Å². The van der Waals surface area contributed by atoms with Crippen molar-refractivity contribution in [1.29, 1.82) is 0 Å². The molecule has 0 saturated carbocycles. The van der Waals surface area contributed by atoms with Gasteiger partial charge < -0.3 is 19.1 Å². The SMILES string of the molecule is COCC(=O)N1CC[C@@H](Oc2nccnc2OC)C1. The molecule has 1 aromatic heterocycles. The number of carbonyl (C=O) groups excluding carboxylic acids is 1. The largest absolute Gasteiger partial charge is 0.477 e. The van der Waals surface area contributed by atoms with E-state index in [1.54, 1.807) is 11.1 Å². The van der Waals surface area contributed by atoms with Crippen molar-refractivity contribution >= 4 is 5.91 Å². The summed E-state index contributed by atoms with van der Waals surface area (Å²) in [5.41, 5.74) is 0. The molecular formula is C12H17N3O4. The average molecular weight is 267 g/mol. The van der Waals surface area contributed by atoms with Crippen molar-refractivity contribution in [3.05, 3.63) is 12.4 Å². The molecule has 1 aliphatic heterocycles. The van der Waals surface area contributed by atoms with E-state index in [1.807, 2.05) is 0 Å². The lowest BCUT2D eigenvalue weighted by Crippen LogP contribution is -2.33. The van der Waals surface area contributed by atoms with Gasteiger partial charge in [0.25, 0.3) is 11.8 Å². The van der Waals surface area contributed by atoms with Gasteiger partial charge in [0.1, 0.15) is 12.7 Å². The van der Waals surface area contributed by atoms with E-state index >= 15 is 0 Å². The molecule has 1 aromatic rings. The number of rotatable bonds is 5. The van der Waals surface area contributed by atoms with E-state index < -0.39 is 0 Å².